The predicted molar refractivity (Wildman–Crippen MR) is 108 cm³/mol. The largest absolute Gasteiger partial charge is 0.348 e. The molecule has 0 radical (unpaired) electrons. The van der Waals surface area contributed by atoms with Crippen molar-refractivity contribution >= 4 is 46.7 Å². The Hall–Kier alpha value is -1.23. The maximum absolute atomic E-state index is 12.5. The number of hydrogen-bond acceptors (Lipinski definition) is 3. The molecular weight excluding hydrogens is 370 g/mol. The van der Waals surface area contributed by atoms with Crippen LogP contribution in [0.15, 0.2) is 29.2 Å². The van der Waals surface area contributed by atoms with E-state index in [1.807, 2.05) is 35.6 Å². The lowest BCUT2D eigenvalue weighted by molar-refractivity contribution is -0.116. The molecule has 1 atom stereocenters. The molecule has 5 heteroatoms. The highest BCUT2D eigenvalue weighted by Gasteiger charge is 2.26. The molecule has 4 rings (SSSR count). The highest BCUT2D eigenvalue weighted by molar-refractivity contribution is 8.03. The monoisotopic (exact) mass is 389 g/mol. The van der Waals surface area contributed by atoms with E-state index in [9.17, 15) is 4.79 Å². The van der Waals surface area contributed by atoms with Crippen LogP contribution in [-0.2, 0) is 29.9 Å². The van der Waals surface area contributed by atoms with Gasteiger partial charge in [0.2, 0.25) is 0 Å². The number of amides is 1. The van der Waals surface area contributed by atoms with Gasteiger partial charge in [-0.05, 0) is 60.1 Å². The molecule has 2 heterocycles. The zero-order chi connectivity index (χ0) is 17.4. The van der Waals surface area contributed by atoms with Crippen molar-refractivity contribution in [2.75, 3.05) is 0 Å². The van der Waals surface area contributed by atoms with E-state index < -0.39 is 0 Å². The second-order valence-corrected chi connectivity index (χ2v) is 9.39. The average molecular weight is 390 g/mol. The fourth-order valence-corrected chi connectivity index (χ4v) is 6.23. The van der Waals surface area contributed by atoms with Crippen LogP contribution in [0.5, 0.6) is 0 Å². The van der Waals surface area contributed by atoms with Crippen molar-refractivity contribution in [1.29, 1.82) is 0 Å². The maximum atomic E-state index is 12.5. The molecule has 0 bridgehead atoms. The van der Waals surface area contributed by atoms with Gasteiger partial charge in [-0.25, -0.2) is 0 Å². The molecule has 25 heavy (non-hydrogen) atoms. The predicted octanol–water partition coefficient (Wildman–Crippen LogP) is 5.43. The molecule has 1 aliphatic heterocycles. The number of benzene rings is 1. The number of halogens is 1. The molecule has 2 nitrogen and oxygen atoms in total. The Morgan fingerprint density at radius 2 is 2.08 bits per heavy atom. The van der Waals surface area contributed by atoms with Crippen molar-refractivity contribution in [3.05, 3.63) is 60.6 Å². The fraction of sp³-hybridized carbons (Fsp3) is 0.350. The minimum atomic E-state index is 0.0188. The van der Waals surface area contributed by atoms with Crippen LogP contribution in [0.25, 0.3) is 6.08 Å². The van der Waals surface area contributed by atoms with Gasteiger partial charge in [-0.2, -0.15) is 0 Å². The van der Waals surface area contributed by atoms with Crippen LogP contribution in [-0.4, -0.2) is 5.91 Å². The SMILES string of the molecule is C[C@@H]1CCc2c(sc3c2CSC(C(=O)NCc2ccc(Cl)cc2)=C3)C1. The van der Waals surface area contributed by atoms with Gasteiger partial charge in [-0.1, -0.05) is 30.7 Å². The number of fused-ring (bicyclic) bond motifs is 3. The van der Waals surface area contributed by atoms with Gasteiger partial charge in [0, 0.05) is 27.1 Å². The van der Waals surface area contributed by atoms with Crippen LogP contribution >= 0.6 is 34.7 Å². The molecule has 2 aromatic rings. The van der Waals surface area contributed by atoms with Gasteiger partial charge < -0.3 is 5.32 Å². The third-order valence-electron chi connectivity index (χ3n) is 4.88. The third kappa shape index (κ3) is 3.67. The number of carbonyl (C=O) groups is 1. The lowest BCUT2D eigenvalue weighted by Gasteiger charge is -2.19. The molecule has 0 unspecified atom stereocenters. The zero-order valence-corrected chi connectivity index (χ0v) is 16.5. The first-order valence-electron chi connectivity index (χ1n) is 8.60. The van der Waals surface area contributed by atoms with Crippen molar-refractivity contribution < 1.29 is 4.79 Å². The van der Waals surface area contributed by atoms with Crippen molar-refractivity contribution in [2.45, 2.75) is 38.5 Å². The van der Waals surface area contributed by atoms with E-state index in [1.54, 1.807) is 22.2 Å². The molecule has 0 saturated carbocycles. The second kappa shape index (κ2) is 7.18. The summed E-state index contributed by atoms with van der Waals surface area (Å²) in [4.78, 5) is 16.2. The Morgan fingerprint density at radius 3 is 2.88 bits per heavy atom. The molecule has 1 aromatic heterocycles. The average Bonchev–Trinajstić information content (AvgIpc) is 2.97. The maximum Gasteiger partial charge on any atom is 0.258 e. The summed E-state index contributed by atoms with van der Waals surface area (Å²) in [5.74, 6) is 1.73. The summed E-state index contributed by atoms with van der Waals surface area (Å²) in [5.41, 5.74) is 4.11. The Bertz CT molecular complexity index is 838. The van der Waals surface area contributed by atoms with Gasteiger partial charge in [-0.3, -0.25) is 4.79 Å². The lowest BCUT2D eigenvalue weighted by atomic mass is 9.88. The van der Waals surface area contributed by atoms with Gasteiger partial charge in [0.1, 0.15) is 0 Å². The minimum absolute atomic E-state index is 0.0188. The highest BCUT2D eigenvalue weighted by Crippen LogP contribution is 2.43. The normalized spacial score (nSPS) is 19.0. The highest BCUT2D eigenvalue weighted by atomic mass is 35.5. The summed E-state index contributed by atoms with van der Waals surface area (Å²) < 4.78 is 0. The Balaban J connectivity index is 1.47. The molecule has 0 saturated heterocycles. The number of nitrogens with one attached hydrogen (secondary N) is 1. The van der Waals surface area contributed by atoms with E-state index in [4.69, 9.17) is 11.6 Å². The van der Waals surface area contributed by atoms with Gasteiger partial charge in [0.25, 0.3) is 5.91 Å². The Labute approximate surface area is 161 Å². The summed E-state index contributed by atoms with van der Waals surface area (Å²) in [6.07, 6.45) is 5.78. The lowest BCUT2D eigenvalue weighted by Crippen LogP contribution is -2.24. The van der Waals surface area contributed by atoms with Crippen LogP contribution in [0.1, 0.15) is 39.8 Å². The van der Waals surface area contributed by atoms with Crippen LogP contribution in [0.4, 0.5) is 0 Å². The van der Waals surface area contributed by atoms with Crippen LogP contribution in [0.2, 0.25) is 5.02 Å². The topological polar surface area (TPSA) is 29.1 Å². The Morgan fingerprint density at radius 1 is 1.28 bits per heavy atom. The summed E-state index contributed by atoms with van der Waals surface area (Å²) in [6, 6.07) is 7.58. The first-order valence-corrected chi connectivity index (χ1v) is 10.8. The third-order valence-corrected chi connectivity index (χ3v) is 7.42. The van der Waals surface area contributed by atoms with Gasteiger partial charge in [0.05, 0.1) is 4.91 Å². The number of thiophene rings is 1. The van der Waals surface area contributed by atoms with E-state index in [-0.39, 0.29) is 5.91 Å². The van der Waals surface area contributed by atoms with E-state index in [0.29, 0.717) is 11.6 Å². The summed E-state index contributed by atoms with van der Waals surface area (Å²) >= 11 is 9.46. The molecule has 0 spiro atoms. The molecule has 1 aliphatic carbocycles. The van der Waals surface area contributed by atoms with E-state index in [0.717, 1.165) is 22.1 Å². The van der Waals surface area contributed by atoms with Crippen LogP contribution in [0.3, 0.4) is 0 Å². The fourth-order valence-electron chi connectivity index (χ4n) is 3.43. The van der Waals surface area contributed by atoms with Crippen molar-refractivity contribution in [2.24, 2.45) is 5.92 Å². The first kappa shape index (κ1) is 17.2. The second-order valence-electron chi connectivity index (χ2n) is 6.80. The molecular formula is C20H20ClNOS2. The molecule has 2 aliphatic rings. The van der Waals surface area contributed by atoms with Gasteiger partial charge in [0.15, 0.2) is 0 Å². The minimum Gasteiger partial charge on any atom is -0.348 e. The molecule has 1 amide bonds. The number of carbonyl (C=O) groups excluding carboxylic acids is 1. The summed E-state index contributed by atoms with van der Waals surface area (Å²) in [7, 11) is 0. The quantitative estimate of drug-likeness (QED) is 0.758. The van der Waals surface area contributed by atoms with Crippen LogP contribution in [0, 0.1) is 5.92 Å². The van der Waals surface area contributed by atoms with Gasteiger partial charge in [-0.15, -0.1) is 23.1 Å². The van der Waals surface area contributed by atoms with Crippen molar-refractivity contribution in [1.82, 2.24) is 5.32 Å². The Kier molecular flexibility index (Phi) is 4.94. The summed E-state index contributed by atoms with van der Waals surface area (Å²) in [6.45, 7) is 2.86. The smallest absolute Gasteiger partial charge is 0.258 e. The van der Waals surface area contributed by atoms with Crippen molar-refractivity contribution in [3.63, 3.8) is 0 Å². The first-order chi connectivity index (χ1) is 12.1. The molecule has 130 valence electrons. The number of hydrogen-bond donors (Lipinski definition) is 1. The standard InChI is InChI=1S/C20H20ClNOS2/c1-12-2-7-15-16-11-24-19(9-18(16)25-17(15)8-12)20(23)22-10-13-3-5-14(21)6-4-13/h3-6,9,12H,2,7-8,10-11H2,1H3,(H,22,23)/t12-/m1/s1. The van der Waals surface area contributed by atoms with E-state index in [2.05, 4.69) is 18.3 Å². The van der Waals surface area contributed by atoms with Crippen LogP contribution < -0.4 is 5.32 Å². The van der Waals surface area contributed by atoms with E-state index >= 15 is 0 Å². The zero-order valence-electron chi connectivity index (χ0n) is 14.1. The molecule has 0 fully saturated rings. The van der Waals surface area contributed by atoms with E-state index in [1.165, 1.54) is 29.7 Å². The molecule has 1 aromatic carbocycles. The summed E-state index contributed by atoms with van der Waals surface area (Å²) in [5, 5.41) is 3.73. The molecule has 1 N–H and O–H groups in total. The number of rotatable bonds is 3. The number of thioether (sulfide) groups is 1. The van der Waals surface area contributed by atoms with Gasteiger partial charge >= 0.3 is 0 Å². The van der Waals surface area contributed by atoms with Crippen molar-refractivity contribution in [3.8, 4) is 0 Å².